The van der Waals surface area contributed by atoms with Crippen molar-refractivity contribution in [3.05, 3.63) is 39.7 Å². The number of carbonyl (C=O) groups excluding carboxylic acids is 1. The lowest BCUT2D eigenvalue weighted by atomic mass is 9.89. The van der Waals surface area contributed by atoms with E-state index in [9.17, 15) is 23.5 Å². The molecule has 0 heterocycles. The summed E-state index contributed by atoms with van der Waals surface area (Å²) in [5.41, 5.74) is -2.69. The Morgan fingerprint density at radius 1 is 1.22 bits per heavy atom. The predicted octanol–water partition coefficient (Wildman–Crippen LogP) is 3.73. The summed E-state index contributed by atoms with van der Waals surface area (Å²) in [5, 5.41) is 11.1. The van der Waals surface area contributed by atoms with E-state index in [-0.39, 0.29) is 17.7 Å². The van der Waals surface area contributed by atoms with Crippen LogP contribution in [0.3, 0.4) is 0 Å². The highest BCUT2D eigenvalue weighted by molar-refractivity contribution is 7.84. The van der Waals surface area contributed by atoms with Crippen molar-refractivity contribution in [2.75, 3.05) is 0 Å². The molecule has 152 valence electrons. The first-order valence-corrected chi connectivity index (χ1v) is 9.56. The number of halogens is 1. The fourth-order valence-corrected chi connectivity index (χ4v) is 3.16. The zero-order valence-electron chi connectivity index (χ0n) is 16.7. The van der Waals surface area contributed by atoms with Crippen LogP contribution in [0.25, 0.3) is 0 Å². The smallest absolute Gasteiger partial charge is 0.308 e. The van der Waals surface area contributed by atoms with E-state index >= 15 is 0 Å². The van der Waals surface area contributed by atoms with Crippen LogP contribution in [0.15, 0.2) is 18.2 Å². The van der Waals surface area contributed by atoms with E-state index in [0.717, 1.165) is 18.2 Å². The standard InChI is InChI=1S/C18H27FN2O5S/c1-16(2,3)26-15(22)11-18(7,20-27(25)17(4,5)6)13-10-12(21(23)24)8-9-14(13)19/h8-10,20H,11H2,1-7H3/t18-,27?/m1/s1. The minimum atomic E-state index is -1.67. The van der Waals surface area contributed by atoms with Gasteiger partial charge in [0.2, 0.25) is 0 Å². The van der Waals surface area contributed by atoms with Gasteiger partial charge in [0.25, 0.3) is 5.69 Å². The first kappa shape index (κ1) is 23.2. The lowest BCUT2D eigenvalue weighted by molar-refractivity contribution is -0.385. The van der Waals surface area contributed by atoms with E-state index in [4.69, 9.17) is 4.74 Å². The van der Waals surface area contributed by atoms with E-state index in [1.807, 2.05) is 0 Å². The molecular weight excluding hydrogens is 375 g/mol. The summed E-state index contributed by atoms with van der Waals surface area (Å²) in [7, 11) is -1.67. The van der Waals surface area contributed by atoms with E-state index in [1.54, 1.807) is 41.5 Å². The average molecular weight is 402 g/mol. The lowest BCUT2D eigenvalue weighted by Gasteiger charge is -2.34. The molecule has 0 aliphatic carbocycles. The molecule has 9 heteroatoms. The molecule has 1 rings (SSSR count). The minimum Gasteiger partial charge on any atom is -0.460 e. The van der Waals surface area contributed by atoms with E-state index in [1.165, 1.54) is 6.92 Å². The molecule has 0 spiro atoms. The number of nitrogens with zero attached hydrogens (tertiary/aromatic N) is 1. The Kier molecular flexibility index (Phi) is 6.88. The molecule has 0 aromatic heterocycles. The summed E-state index contributed by atoms with van der Waals surface area (Å²) < 4.78 is 34.6. The summed E-state index contributed by atoms with van der Waals surface area (Å²) in [4.78, 5) is 22.8. The van der Waals surface area contributed by atoms with Gasteiger partial charge in [-0.1, -0.05) is 0 Å². The van der Waals surface area contributed by atoms with Crippen molar-refractivity contribution in [3.63, 3.8) is 0 Å². The molecule has 0 saturated heterocycles. The zero-order valence-corrected chi connectivity index (χ0v) is 17.5. The number of carbonyl (C=O) groups is 1. The summed E-state index contributed by atoms with van der Waals surface area (Å²) >= 11 is 0. The predicted molar refractivity (Wildman–Crippen MR) is 102 cm³/mol. The number of non-ortho nitro benzene ring substituents is 1. The van der Waals surface area contributed by atoms with E-state index < -0.39 is 43.6 Å². The molecule has 0 aliphatic heterocycles. The van der Waals surface area contributed by atoms with Gasteiger partial charge in [0, 0.05) is 17.7 Å². The van der Waals surface area contributed by atoms with Crippen LogP contribution in [0.1, 0.15) is 60.5 Å². The van der Waals surface area contributed by atoms with Crippen molar-refractivity contribution < 1.29 is 23.1 Å². The molecule has 2 atom stereocenters. The van der Waals surface area contributed by atoms with Crippen LogP contribution < -0.4 is 4.72 Å². The number of nitro groups is 1. The molecule has 27 heavy (non-hydrogen) atoms. The molecule has 1 N–H and O–H groups in total. The molecule has 0 bridgehead atoms. The highest BCUT2D eigenvalue weighted by Crippen LogP contribution is 2.32. The van der Waals surface area contributed by atoms with Crippen molar-refractivity contribution in [2.45, 2.75) is 70.8 Å². The van der Waals surface area contributed by atoms with Crippen molar-refractivity contribution in [1.82, 2.24) is 4.72 Å². The number of nitrogens with one attached hydrogen (secondary N) is 1. The Morgan fingerprint density at radius 2 is 1.78 bits per heavy atom. The van der Waals surface area contributed by atoms with E-state index in [0.29, 0.717) is 0 Å². The van der Waals surface area contributed by atoms with Gasteiger partial charge in [-0.2, -0.15) is 0 Å². The quantitative estimate of drug-likeness (QED) is 0.444. The van der Waals surface area contributed by atoms with Gasteiger partial charge in [-0.15, -0.1) is 0 Å². The molecule has 0 aliphatic rings. The second-order valence-electron chi connectivity index (χ2n) is 8.50. The van der Waals surface area contributed by atoms with Crippen LogP contribution in [-0.2, 0) is 26.1 Å². The molecule has 1 aromatic carbocycles. The van der Waals surface area contributed by atoms with Gasteiger partial charge in [-0.3, -0.25) is 14.9 Å². The fourth-order valence-electron chi connectivity index (χ4n) is 2.26. The zero-order chi connectivity index (χ0) is 21.2. The number of nitro benzene ring substituents is 1. The molecule has 0 amide bonds. The highest BCUT2D eigenvalue weighted by Gasteiger charge is 2.38. The third-order valence-electron chi connectivity index (χ3n) is 3.55. The lowest BCUT2D eigenvalue weighted by Crippen LogP contribution is -2.48. The Hall–Kier alpha value is -1.87. The number of ether oxygens (including phenoxy) is 1. The Labute approximate surface area is 161 Å². The molecule has 0 saturated carbocycles. The van der Waals surface area contributed by atoms with Crippen LogP contribution in [-0.4, -0.2) is 25.4 Å². The van der Waals surface area contributed by atoms with Gasteiger partial charge in [0.1, 0.15) is 11.4 Å². The normalized spacial score (nSPS) is 15.7. The molecular formula is C18H27FN2O5S. The number of rotatable bonds is 6. The number of esters is 1. The van der Waals surface area contributed by atoms with Crippen LogP contribution in [0.4, 0.5) is 10.1 Å². The van der Waals surface area contributed by atoms with E-state index in [2.05, 4.69) is 4.72 Å². The van der Waals surface area contributed by atoms with Gasteiger partial charge in [0.05, 0.1) is 32.6 Å². The largest absolute Gasteiger partial charge is 0.460 e. The number of hydrogen-bond acceptors (Lipinski definition) is 5. The maximum Gasteiger partial charge on any atom is 0.308 e. The highest BCUT2D eigenvalue weighted by atomic mass is 32.2. The molecule has 0 fully saturated rings. The SMILES string of the molecule is CC(C)(C)OC(=O)C[C@@](C)(NS(=O)C(C)(C)C)c1cc([N+](=O)[O-])ccc1F. The van der Waals surface area contributed by atoms with Crippen LogP contribution >= 0.6 is 0 Å². The Morgan fingerprint density at radius 3 is 2.22 bits per heavy atom. The van der Waals surface area contributed by atoms with Gasteiger partial charge in [-0.05, 0) is 54.5 Å². The van der Waals surface area contributed by atoms with Crippen molar-refractivity contribution in [2.24, 2.45) is 0 Å². The Bertz CT molecular complexity index is 755. The van der Waals surface area contributed by atoms with Gasteiger partial charge < -0.3 is 4.74 Å². The third kappa shape index (κ3) is 6.66. The van der Waals surface area contributed by atoms with Gasteiger partial charge in [0.15, 0.2) is 0 Å². The second kappa shape index (κ2) is 8.02. The monoisotopic (exact) mass is 402 g/mol. The first-order chi connectivity index (χ1) is 12.0. The maximum atomic E-state index is 14.5. The Balaban J connectivity index is 3.41. The second-order valence-corrected chi connectivity index (χ2v) is 10.5. The number of benzene rings is 1. The molecule has 1 aromatic rings. The van der Waals surface area contributed by atoms with Crippen molar-refractivity contribution >= 4 is 22.6 Å². The third-order valence-corrected chi connectivity index (χ3v) is 5.30. The molecule has 7 nitrogen and oxygen atoms in total. The molecule has 1 unspecified atom stereocenters. The topological polar surface area (TPSA) is 98.5 Å². The molecule has 0 radical (unpaired) electrons. The van der Waals surface area contributed by atoms with Crippen molar-refractivity contribution in [1.29, 1.82) is 0 Å². The van der Waals surface area contributed by atoms with Gasteiger partial charge >= 0.3 is 5.97 Å². The fraction of sp³-hybridized carbons (Fsp3) is 0.611. The average Bonchev–Trinajstić information content (AvgIpc) is 2.43. The summed E-state index contributed by atoms with van der Waals surface area (Å²) in [6.45, 7) is 11.7. The van der Waals surface area contributed by atoms with Crippen LogP contribution in [0.5, 0.6) is 0 Å². The summed E-state index contributed by atoms with van der Waals surface area (Å²) in [6.07, 6.45) is -0.357. The maximum absolute atomic E-state index is 14.5. The van der Waals surface area contributed by atoms with Crippen LogP contribution in [0.2, 0.25) is 0 Å². The summed E-state index contributed by atoms with van der Waals surface area (Å²) in [6, 6.07) is 3.04. The van der Waals surface area contributed by atoms with Gasteiger partial charge in [-0.25, -0.2) is 13.3 Å². The summed E-state index contributed by atoms with van der Waals surface area (Å²) in [5.74, 6) is -1.39. The van der Waals surface area contributed by atoms with Crippen molar-refractivity contribution in [3.8, 4) is 0 Å². The minimum absolute atomic E-state index is 0.125. The first-order valence-electron chi connectivity index (χ1n) is 8.41. The number of hydrogen-bond donors (Lipinski definition) is 1. The van der Waals surface area contributed by atoms with Crippen LogP contribution in [0, 0.1) is 15.9 Å².